The van der Waals surface area contributed by atoms with E-state index in [-0.39, 0.29) is 23.4 Å². The summed E-state index contributed by atoms with van der Waals surface area (Å²) < 4.78 is 12.7. The predicted octanol–water partition coefficient (Wildman–Crippen LogP) is 2.72. The van der Waals surface area contributed by atoms with E-state index in [0.29, 0.717) is 31.9 Å². The van der Waals surface area contributed by atoms with Gasteiger partial charge in [0.1, 0.15) is 11.8 Å². The average Bonchev–Trinajstić information content (AvgIpc) is 3.13. The van der Waals surface area contributed by atoms with Gasteiger partial charge in [0.2, 0.25) is 0 Å². The second-order valence-corrected chi connectivity index (χ2v) is 8.40. The minimum Gasteiger partial charge on any atom is -0.496 e. The number of nitro groups is 1. The Kier molecular flexibility index (Phi) is 6.42. The number of esters is 1. The molecule has 1 unspecified atom stereocenters. The molecule has 3 aromatic rings. The third-order valence-corrected chi connectivity index (χ3v) is 6.34. The lowest BCUT2D eigenvalue weighted by atomic mass is 9.95. The summed E-state index contributed by atoms with van der Waals surface area (Å²) in [7, 11) is 1.53. The summed E-state index contributed by atoms with van der Waals surface area (Å²) in [5.41, 5.74) is 1.60. The molecule has 2 heterocycles. The van der Waals surface area contributed by atoms with Gasteiger partial charge in [-0.1, -0.05) is 29.5 Å². The second kappa shape index (κ2) is 9.44. The summed E-state index contributed by atoms with van der Waals surface area (Å²) in [6.07, 6.45) is 1.65. The Morgan fingerprint density at radius 3 is 2.59 bits per heavy atom. The van der Waals surface area contributed by atoms with Crippen LogP contribution >= 0.6 is 11.3 Å². The molecule has 0 saturated heterocycles. The number of hydrogen-bond acceptors (Lipinski definition) is 8. The summed E-state index contributed by atoms with van der Waals surface area (Å²) >= 11 is 1.18. The number of nitrogens with zero attached hydrogens (tertiary/aromatic N) is 3. The van der Waals surface area contributed by atoms with Crippen LogP contribution in [0.5, 0.6) is 5.75 Å². The molecule has 0 radical (unpaired) electrons. The second-order valence-electron chi connectivity index (χ2n) is 7.39. The molecule has 1 aromatic heterocycles. The van der Waals surface area contributed by atoms with Crippen molar-refractivity contribution in [3.8, 4) is 5.75 Å². The van der Waals surface area contributed by atoms with E-state index < -0.39 is 16.9 Å². The molecule has 0 aliphatic carbocycles. The summed E-state index contributed by atoms with van der Waals surface area (Å²) in [6, 6.07) is 12.3. The molecule has 0 bridgehead atoms. The number of allylic oxidation sites excluding steroid dienone is 1. The zero-order valence-electron chi connectivity index (χ0n) is 18.7. The SMILES string of the molecule is CCOC(=O)C1=C(C)N=c2sc(=Cc3ccc([N+](=O)[O-])cc3)c(=O)n2C1c1ccccc1OC. The van der Waals surface area contributed by atoms with Gasteiger partial charge < -0.3 is 9.47 Å². The largest absolute Gasteiger partial charge is 0.496 e. The highest BCUT2D eigenvalue weighted by Crippen LogP contribution is 2.35. The first-order chi connectivity index (χ1) is 16.3. The normalized spacial score (nSPS) is 15.5. The number of fused-ring (bicyclic) bond motifs is 1. The number of carbonyl (C=O) groups is 1. The number of nitro benzene ring substituents is 1. The predicted molar refractivity (Wildman–Crippen MR) is 126 cm³/mol. The topological polar surface area (TPSA) is 113 Å². The Labute approximate surface area is 198 Å². The van der Waals surface area contributed by atoms with Gasteiger partial charge in [0.05, 0.1) is 34.4 Å². The van der Waals surface area contributed by atoms with Gasteiger partial charge in [-0.3, -0.25) is 19.5 Å². The van der Waals surface area contributed by atoms with Crippen molar-refractivity contribution in [3.63, 3.8) is 0 Å². The number of para-hydroxylation sites is 1. The number of methoxy groups -OCH3 is 1. The lowest BCUT2D eigenvalue weighted by Gasteiger charge is -2.25. The fraction of sp³-hybridized carbons (Fsp3) is 0.208. The zero-order valence-corrected chi connectivity index (χ0v) is 19.5. The van der Waals surface area contributed by atoms with E-state index in [9.17, 15) is 19.7 Å². The van der Waals surface area contributed by atoms with Gasteiger partial charge in [-0.05, 0) is 43.7 Å². The lowest BCUT2D eigenvalue weighted by molar-refractivity contribution is -0.384. The van der Waals surface area contributed by atoms with Gasteiger partial charge in [0.25, 0.3) is 11.2 Å². The van der Waals surface area contributed by atoms with Crippen LogP contribution in [0.1, 0.15) is 31.0 Å². The minimum absolute atomic E-state index is 0.0375. The Morgan fingerprint density at radius 2 is 1.94 bits per heavy atom. The van der Waals surface area contributed by atoms with Crippen LogP contribution in [0, 0.1) is 10.1 Å². The van der Waals surface area contributed by atoms with Gasteiger partial charge in [0, 0.05) is 17.7 Å². The molecule has 10 heteroatoms. The molecule has 0 amide bonds. The number of hydrogen-bond donors (Lipinski definition) is 0. The fourth-order valence-corrected chi connectivity index (χ4v) is 4.87. The molecule has 0 spiro atoms. The van der Waals surface area contributed by atoms with Crippen LogP contribution in [-0.2, 0) is 9.53 Å². The summed E-state index contributed by atoms with van der Waals surface area (Å²) in [5, 5.41) is 10.9. The van der Waals surface area contributed by atoms with Crippen LogP contribution in [0.4, 0.5) is 5.69 Å². The van der Waals surface area contributed by atoms with Gasteiger partial charge in [-0.15, -0.1) is 0 Å². The van der Waals surface area contributed by atoms with E-state index in [4.69, 9.17) is 9.47 Å². The van der Waals surface area contributed by atoms with Crippen molar-refractivity contribution in [1.82, 2.24) is 4.57 Å². The molecule has 0 fully saturated rings. The molecule has 4 rings (SSSR count). The van der Waals surface area contributed by atoms with Gasteiger partial charge in [-0.2, -0.15) is 0 Å². The molecule has 174 valence electrons. The van der Waals surface area contributed by atoms with E-state index in [1.807, 2.05) is 6.07 Å². The standard InChI is InChI=1S/C24H21N3O6S/c1-4-33-23(29)20-14(2)25-24-26(21(20)17-7-5-6-8-18(17)32-3)22(28)19(34-24)13-15-9-11-16(12-10-15)27(30)31/h5-13,21H,4H2,1-3H3. The molecule has 0 N–H and O–H groups in total. The highest BCUT2D eigenvalue weighted by molar-refractivity contribution is 7.07. The van der Waals surface area contributed by atoms with Crippen LogP contribution in [0.2, 0.25) is 0 Å². The van der Waals surface area contributed by atoms with E-state index in [1.165, 1.54) is 35.1 Å². The zero-order chi connectivity index (χ0) is 24.4. The Bertz CT molecular complexity index is 1480. The first-order valence-electron chi connectivity index (χ1n) is 10.4. The number of thiazole rings is 1. The van der Waals surface area contributed by atoms with Crippen molar-refractivity contribution in [2.24, 2.45) is 4.99 Å². The van der Waals surface area contributed by atoms with E-state index in [0.717, 1.165) is 0 Å². The molecular weight excluding hydrogens is 458 g/mol. The maximum absolute atomic E-state index is 13.6. The molecule has 0 saturated carbocycles. The molecule has 1 aliphatic rings. The quantitative estimate of drug-likeness (QED) is 0.305. The summed E-state index contributed by atoms with van der Waals surface area (Å²) in [5.74, 6) is -0.0294. The number of carbonyl (C=O) groups excluding carboxylic acids is 1. The number of aromatic nitrogens is 1. The van der Waals surface area contributed by atoms with Crippen molar-refractivity contribution in [1.29, 1.82) is 0 Å². The van der Waals surface area contributed by atoms with Crippen LogP contribution in [0.15, 0.2) is 69.6 Å². The van der Waals surface area contributed by atoms with E-state index in [2.05, 4.69) is 4.99 Å². The molecule has 1 atom stereocenters. The van der Waals surface area contributed by atoms with Gasteiger partial charge in [0.15, 0.2) is 4.80 Å². The summed E-state index contributed by atoms with van der Waals surface area (Å²) in [4.78, 5) is 41.9. The highest BCUT2D eigenvalue weighted by atomic mass is 32.1. The maximum Gasteiger partial charge on any atom is 0.338 e. The highest BCUT2D eigenvalue weighted by Gasteiger charge is 2.34. The van der Waals surface area contributed by atoms with Crippen LogP contribution in [-0.4, -0.2) is 29.2 Å². The van der Waals surface area contributed by atoms with Crippen LogP contribution in [0.3, 0.4) is 0 Å². The fourth-order valence-electron chi connectivity index (χ4n) is 3.82. The third-order valence-electron chi connectivity index (χ3n) is 5.35. The number of non-ortho nitro benzene ring substituents is 1. The third kappa shape index (κ3) is 4.15. The minimum atomic E-state index is -0.787. The Balaban J connectivity index is 1.94. The van der Waals surface area contributed by atoms with Crippen molar-refractivity contribution >= 4 is 29.1 Å². The number of ether oxygens (including phenoxy) is 2. The molecule has 1 aliphatic heterocycles. The number of benzene rings is 2. The smallest absolute Gasteiger partial charge is 0.338 e. The summed E-state index contributed by atoms with van der Waals surface area (Å²) in [6.45, 7) is 3.60. The first kappa shape index (κ1) is 23.1. The molecular formula is C24H21N3O6S. The molecule has 9 nitrogen and oxygen atoms in total. The van der Waals surface area contributed by atoms with Crippen LogP contribution < -0.4 is 19.6 Å². The maximum atomic E-state index is 13.6. The van der Waals surface area contributed by atoms with Crippen molar-refractivity contribution in [2.75, 3.05) is 13.7 Å². The van der Waals surface area contributed by atoms with Crippen molar-refractivity contribution in [2.45, 2.75) is 19.9 Å². The monoisotopic (exact) mass is 479 g/mol. The molecule has 34 heavy (non-hydrogen) atoms. The van der Waals surface area contributed by atoms with Gasteiger partial charge >= 0.3 is 5.97 Å². The van der Waals surface area contributed by atoms with Crippen molar-refractivity contribution in [3.05, 3.63) is 101 Å². The van der Waals surface area contributed by atoms with Gasteiger partial charge in [-0.25, -0.2) is 9.79 Å². The Morgan fingerprint density at radius 1 is 1.24 bits per heavy atom. The molecule has 2 aromatic carbocycles. The first-order valence-corrected chi connectivity index (χ1v) is 11.2. The Hall–Kier alpha value is -4.05. The van der Waals surface area contributed by atoms with E-state index >= 15 is 0 Å². The average molecular weight is 480 g/mol. The lowest BCUT2D eigenvalue weighted by Crippen LogP contribution is -2.40. The van der Waals surface area contributed by atoms with E-state index in [1.54, 1.807) is 50.3 Å². The van der Waals surface area contributed by atoms with Crippen LogP contribution in [0.25, 0.3) is 6.08 Å². The van der Waals surface area contributed by atoms with Crippen molar-refractivity contribution < 1.29 is 19.2 Å². The number of rotatable bonds is 6.